The molecule has 3 atom stereocenters. The molecule has 0 radical (unpaired) electrons. The minimum atomic E-state index is -3.83. The van der Waals surface area contributed by atoms with Gasteiger partial charge in [-0.1, -0.05) is 57.0 Å². The smallest absolute Gasteiger partial charge is 0.306 e. The van der Waals surface area contributed by atoms with Gasteiger partial charge in [-0.05, 0) is 30.4 Å². The molecule has 0 saturated heterocycles. The number of aliphatic hydroxyl groups excluding tert-OH is 1. The van der Waals surface area contributed by atoms with Gasteiger partial charge in [0.15, 0.2) is 9.84 Å². The number of esters is 1. The van der Waals surface area contributed by atoms with E-state index in [2.05, 4.69) is 0 Å². The number of methoxy groups -OCH3 is 1. The van der Waals surface area contributed by atoms with Gasteiger partial charge in [0.25, 0.3) is 0 Å². The molecule has 0 aromatic heterocycles. The molecule has 0 heterocycles. The number of sulfone groups is 1. The Hall–Kier alpha value is -1.66. The number of unbranched alkanes of at least 4 members (excludes halogenated alkanes) is 1. The molecule has 0 aliphatic heterocycles. The third-order valence-electron chi connectivity index (χ3n) is 5.17. The number of carbonyl (C=O) groups excluding carboxylic acids is 1. The second-order valence-corrected chi connectivity index (χ2v) is 9.58. The fourth-order valence-electron chi connectivity index (χ4n) is 3.67. The van der Waals surface area contributed by atoms with Gasteiger partial charge in [0, 0.05) is 0 Å². The predicted molar refractivity (Wildman–Crippen MR) is 100 cm³/mol. The lowest BCUT2D eigenvalue weighted by atomic mass is 9.82. The molecule has 0 fully saturated rings. The van der Waals surface area contributed by atoms with E-state index in [9.17, 15) is 18.3 Å². The summed E-state index contributed by atoms with van der Waals surface area (Å²) in [7, 11) is -2.52. The Balaban J connectivity index is 2.47. The van der Waals surface area contributed by atoms with E-state index in [4.69, 9.17) is 4.74 Å². The number of ether oxygens (including phenoxy) is 1. The Morgan fingerprint density at radius 1 is 1.27 bits per heavy atom. The molecule has 6 heteroatoms. The average Bonchev–Trinajstić information content (AvgIpc) is 2.99. The molecule has 1 aromatic rings. The summed E-state index contributed by atoms with van der Waals surface area (Å²) in [6, 6.07) is 8.20. The van der Waals surface area contributed by atoms with Crippen molar-refractivity contribution in [2.45, 2.75) is 61.7 Å². The van der Waals surface area contributed by atoms with Crippen molar-refractivity contribution in [2.75, 3.05) is 7.11 Å². The maximum Gasteiger partial charge on any atom is 0.306 e. The zero-order valence-corrected chi connectivity index (χ0v) is 16.5. The van der Waals surface area contributed by atoms with E-state index in [0.29, 0.717) is 6.42 Å². The number of rotatable bonds is 8. The Bertz CT molecular complexity index is 756. The molecular formula is C20H28O5S. The molecule has 1 aromatic carbocycles. The highest BCUT2D eigenvalue weighted by atomic mass is 32.2. The van der Waals surface area contributed by atoms with E-state index < -0.39 is 32.1 Å². The first kappa shape index (κ1) is 20.6. The zero-order chi connectivity index (χ0) is 19.4. The van der Waals surface area contributed by atoms with E-state index >= 15 is 0 Å². The fourth-order valence-corrected chi connectivity index (χ4v) is 5.87. The van der Waals surface area contributed by atoms with Gasteiger partial charge < -0.3 is 9.84 Å². The first-order valence-electron chi connectivity index (χ1n) is 8.96. The van der Waals surface area contributed by atoms with Crippen molar-refractivity contribution < 1.29 is 23.1 Å². The van der Waals surface area contributed by atoms with Crippen LogP contribution in [0.15, 0.2) is 47.4 Å². The average molecular weight is 381 g/mol. The van der Waals surface area contributed by atoms with Gasteiger partial charge in [-0.2, -0.15) is 0 Å². The summed E-state index contributed by atoms with van der Waals surface area (Å²) >= 11 is 0. The van der Waals surface area contributed by atoms with Gasteiger partial charge in [-0.25, -0.2) is 8.42 Å². The van der Waals surface area contributed by atoms with Crippen molar-refractivity contribution in [3.05, 3.63) is 42.5 Å². The van der Waals surface area contributed by atoms with Gasteiger partial charge >= 0.3 is 5.97 Å². The Morgan fingerprint density at radius 2 is 1.92 bits per heavy atom. The molecule has 0 spiro atoms. The van der Waals surface area contributed by atoms with Crippen LogP contribution in [-0.4, -0.2) is 37.5 Å². The van der Waals surface area contributed by atoms with E-state index in [0.717, 1.165) is 12.8 Å². The third-order valence-corrected chi connectivity index (χ3v) is 7.62. The minimum absolute atomic E-state index is 0.0759. The number of allylic oxidation sites excluding steroid dienone is 1. The highest BCUT2D eigenvalue weighted by Crippen LogP contribution is 2.49. The molecular weight excluding hydrogens is 352 g/mol. The maximum absolute atomic E-state index is 13.5. The van der Waals surface area contributed by atoms with Crippen LogP contribution in [0.4, 0.5) is 0 Å². The molecule has 2 rings (SSSR count). The SMILES string of the molecule is CCCC[C@@H](O)[C@]1(S(=O)(=O)c2ccccc2)C=CC(C)(CC(=O)OC)C1. The molecule has 1 aliphatic rings. The summed E-state index contributed by atoms with van der Waals surface area (Å²) in [6.07, 6.45) is 4.52. The second-order valence-electron chi connectivity index (χ2n) is 7.35. The lowest BCUT2D eigenvalue weighted by Gasteiger charge is -2.36. The molecule has 5 nitrogen and oxygen atoms in total. The zero-order valence-electron chi connectivity index (χ0n) is 15.6. The topological polar surface area (TPSA) is 80.7 Å². The Morgan fingerprint density at radius 3 is 2.50 bits per heavy atom. The van der Waals surface area contributed by atoms with Crippen molar-refractivity contribution in [2.24, 2.45) is 5.41 Å². The van der Waals surface area contributed by atoms with Crippen LogP contribution in [0, 0.1) is 5.41 Å². The number of hydrogen-bond donors (Lipinski definition) is 1. The molecule has 144 valence electrons. The molecule has 0 amide bonds. The van der Waals surface area contributed by atoms with E-state index in [1.54, 1.807) is 42.5 Å². The van der Waals surface area contributed by atoms with Crippen molar-refractivity contribution in [3.63, 3.8) is 0 Å². The summed E-state index contributed by atoms with van der Waals surface area (Å²) in [6.45, 7) is 3.83. The first-order valence-corrected chi connectivity index (χ1v) is 10.4. The number of carbonyl (C=O) groups is 1. The highest BCUT2D eigenvalue weighted by molar-refractivity contribution is 7.93. The molecule has 1 N–H and O–H groups in total. The summed E-state index contributed by atoms with van der Waals surface area (Å²) in [5, 5.41) is 10.9. The van der Waals surface area contributed by atoms with Crippen molar-refractivity contribution in [3.8, 4) is 0 Å². The summed E-state index contributed by atoms with van der Waals surface area (Å²) in [5.41, 5.74) is -0.678. The van der Waals surface area contributed by atoms with E-state index in [1.165, 1.54) is 7.11 Å². The van der Waals surface area contributed by atoms with Crippen molar-refractivity contribution >= 4 is 15.8 Å². The van der Waals surface area contributed by atoms with Crippen LogP contribution in [0.25, 0.3) is 0 Å². The van der Waals surface area contributed by atoms with Crippen LogP contribution < -0.4 is 0 Å². The van der Waals surface area contributed by atoms with Crippen molar-refractivity contribution in [1.82, 2.24) is 0 Å². The third kappa shape index (κ3) is 3.86. The van der Waals surface area contributed by atoms with Crippen LogP contribution in [0.2, 0.25) is 0 Å². The molecule has 1 unspecified atom stereocenters. The first-order chi connectivity index (χ1) is 12.2. The summed E-state index contributed by atoms with van der Waals surface area (Å²) in [5.74, 6) is -0.395. The number of aliphatic hydroxyl groups is 1. The minimum Gasteiger partial charge on any atom is -0.469 e. The predicted octanol–water partition coefficient (Wildman–Crippen LogP) is 3.28. The van der Waals surface area contributed by atoms with Gasteiger partial charge in [0.1, 0.15) is 4.75 Å². The van der Waals surface area contributed by atoms with Crippen LogP contribution >= 0.6 is 0 Å². The lowest BCUT2D eigenvalue weighted by Crippen LogP contribution is -2.48. The monoisotopic (exact) mass is 380 g/mol. The number of benzene rings is 1. The molecule has 1 aliphatic carbocycles. The van der Waals surface area contributed by atoms with Gasteiger partial charge in [-0.3, -0.25) is 4.79 Å². The quantitative estimate of drug-likeness (QED) is 0.553. The summed E-state index contributed by atoms with van der Waals surface area (Å²) in [4.78, 5) is 12.0. The molecule has 26 heavy (non-hydrogen) atoms. The van der Waals surface area contributed by atoms with E-state index in [1.807, 2.05) is 13.8 Å². The Labute approximate surface area is 156 Å². The Kier molecular flexibility index (Phi) is 6.29. The molecule has 0 saturated carbocycles. The lowest BCUT2D eigenvalue weighted by molar-refractivity contribution is -0.142. The van der Waals surface area contributed by atoms with Gasteiger partial charge in [0.2, 0.25) is 0 Å². The van der Waals surface area contributed by atoms with Gasteiger partial charge in [0.05, 0.1) is 24.5 Å². The highest BCUT2D eigenvalue weighted by Gasteiger charge is 2.55. The second kappa shape index (κ2) is 7.92. The standard InChI is InChI=1S/C20H28O5S/c1-4-5-11-17(21)20(26(23,24)16-9-7-6-8-10-16)13-12-19(2,15-20)14-18(22)25-3/h6-10,12-13,17,21H,4-5,11,14-15H2,1-3H3/t17-,19?,20+/m1/s1. The van der Waals surface area contributed by atoms with Crippen LogP contribution in [0.3, 0.4) is 0 Å². The maximum atomic E-state index is 13.5. The van der Waals surface area contributed by atoms with Crippen molar-refractivity contribution in [1.29, 1.82) is 0 Å². The summed E-state index contributed by atoms with van der Waals surface area (Å²) < 4.78 is 30.3. The van der Waals surface area contributed by atoms with Crippen LogP contribution in [0.1, 0.15) is 46.0 Å². The van der Waals surface area contributed by atoms with Crippen LogP contribution in [0.5, 0.6) is 0 Å². The fraction of sp³-hybridized carbons (Fsp3) is 0.550. The largest absolute Gasteiger partial charge is 0.469 e. The number of hydrogen-bond acceptors (Lipinski definition) is 5. The normalized spacial score (nSPS) is 26.6. The van der Waals surface area contributed by atoms with Gasteiger partial charge in [-0.15, -0.1) is 0 Å². The van der Waals surface area contributed by atoms with E-state index in [-0.39, 0.29) is 17.7 Å². The van der Waals surface area contributed by atoms with Crippen LogP contribution in [-0.2, 0) is 19.4 Å². The molecule has 0 bridgehead atoms.